The molecule has 3 rings (SSSR count). The fourth-order valence-electron chi connectivity index (χ4n) is 2.92. The van der Waals surface area contributed by atoms with Crippen molar-refractivity contribution in [3.63, 3.8) is 0 Å². The summed E-state index contributed by atoms with van der Waals surface area (Å²) >= 11 is 0. The molecule has 4 nitrogen and oxygen atoms in total. The van der Waals surface area contributed by atoms with Crippen LogP contribution in [-0.4, -0.2) is 19.6 Å². The Bertz CT molecular complexity index is 511. The molecular weight excluding hydrogens is 240 g/mol. The summed E-state index contributed by atoms with van der Waals surface area (Å²) in [4.78, 5) is 12.0. The van der Waals surface area contributed by atoms with Gasteiger partial charge in [-0.2, -0.15) is 0 Å². The smallest absolute Gasteiger partial charge is 0.242 e. The number of carbonyl (C=O) groups is 1. The van der Waals surface area contributed by atoms with Crippen LogP contribution in [-0.2, 0) is 16.8 Å². The largest absolute Gasteiger partial charge is 0.497 e. The van der Waals surface area contributed by atoms with Gasteiger partial charge in [0, 0.05) is 0 Å². The average molecular weight is 260 g/mol. The van der Waals surface area contributed by atoms with Crippen molar-refractivity contribution in [3.8, 4) is 5.75 Å². The fourth-order valence-corrected chi connectivity index (χ4v) is 2.92. The monoisotopic (exact) mass is 260 g/mol. The molecule has 1 amide bonds. The third-order valence-corrected chi connectivity index (χ3v) is 4.36. The van der Waals surface area contributed by atoms with Gasteiger partial charge in [-0.1, -0.05) is 6.07 Å². The van der Waals surface area contributed by atoms with Crippen LogP contribution in [0, 0.1) is 5.92 Å². The first-order valence-corrected chi connectivity index (χ1v) is 6.88. The van der Waals surface area contributed by atoms with Crippen LogP contribution in [0.5, 0.6) is 5.75 Å². The number of primary amides is 1. The number of ether oxygens (including phenoxy) is 1. The second-order valence-corrected chi connectivity index (χ2v) is 5.62. The molecule has 1 saturated carbocycles. The highest BCUT2D eigenvalue weighted by Gasteiger charge is 2.44. The molecule has 0 aliphatic heterocycles. The Morgan fingerprint density at radius 3 is 2.95 bits per heavy atom. The van der Waals surface area contributed by atoms with Crippen LogP contribution in [0.4, 0.5) is 0 Å². The molecule has 3 N–H and O–H groups in total. The molecule has 1 aromatic rings. The van der Waals surface area contributed by atoms with Crippen molar-refractivity contribution in [2.75, 3.05) is 13.7 Å². The molecule has 1 atom stereocenters. The predicted molar refractivity (Wildman–Crippen MR) is 72.9 cm³/mol. The topological polar surface area (TPSA) is 64.3 Å². The number of carbonyl (C=O) groups excluding carboxylic acids is 1. The lowest BCUT2D eigenvalue weighted by Crippen LogP contribution is -2.51. The third-order valence-electron chi connectivity index (χ3n) is 4.36. The fraction of sp³-hybridized carbons (Fsp3) is 0.533. The first-order chi connectivity index (χ1) is 9.15. The molecule has 0 aromatic heterocycles. The maximum absolute atomic E-state index is 12.0. The van der Waals surface area contributed by atoms with E-state index in [0.29, 0.717) is 5.92 Å². The number of methoxy groups -OCH3 is 1. The first kappa shape index (κ1) is 12.5. The SMILES string of the molecule is COc1ccc2c(c1)C(NCC1CC1)(C(N)=O)CC2. The minimum Gasteiger partial charge on any atom is -0.497 e. The van der Waals surface area contributed by atoms with E-state index in [1.165, 1.54) is 18.4 Å². The molecule has 19 heavy (non-hydrogen) atoms. The molecule has 2 aliphatic carbocycles. The number of fused-ring (bicyclic) bond motifs is 1. The summed E-state index contributed by atoms with van der Waals surface area (Å²) in [6.45, 7) is 0.875. The van der Waals surface area contributed by atoms with E-state index in [0.717, 1.165) is 30.7 Å². The molecule has 1 aromatic carbocycles. The summed E-state index contributed by atoms with van der Waals surface area (Å²) in [6.07, 6.45) is 4.15. The molecule has 0 radical (unpaired) electrons. The molecule has 4 heteroatoms. The molecule has 0 saturated heterocycles. The summed E-state index contributed by atoms with van der Waals surface area (Å²) in [6, 6.07) is 5.93. The Balaban J connectivity index is 1.95. The quantitative estimate of drug-likeness (QED) is 0.839. The number of nitrogens with two attached hydrogens (primary N) is 1. The van der Waals surface area contributed by atoms with Crippen molar-refractivity contribution in [3.05, 3.63) is 29.3 Å². The summed E-state index contributed by atoms with van der Waals surface area (Å²) in [5, 5.41) is 3.43. The van der Waals surface area contributed by atoms with Gasteiger partial charge in [0.05, 0.1) is 7.11 Å². The molecule has 2 aliphatic rings. The van der Waals surface area contributed by atoms with Crippen molar-refractivity contribution in [1.29, 1.82) is 0 Å². The van der Waals surface area contributed by atoms with Crippen molar-refractivity contribution in [1.82, 2.24) is 5.32 Å². The van der Waals surface area contributed by atoms with Crippen LogP contribution in [0.25, 0.3) is 0 Å². The maximum Gasteiger partial charge on any atom is 0.242 e. The van der Waals surface area contributed by atoms with Gasteiger partial charge in [-0.15, -0.1) is 0 Å². The number of hydrogen-bond acceptors (Lipinski definition) is 3. The first-order valence-electron chi connectivity index (χ1n) is 6.88. The lowest BCUT2D eigenvalue weighted by Gasteiger charge is -2.28. The van der Waals surface area contributed by atoms with Gasteiger partial charge in [0.1, 0.15) is 11.3 Å². The minimum absolute atomic E-state index is 0.278. The predicted octanol–water partition coefficient (Wildman–Crippen LogP) is 1.32. The van der Waals surface area contributed by atoms with Crippen molar-refractivity contribution >= 4 is 5.91 Å². The average Bonchev–Trinajstić information content (AvgIpc) is 3.17. The third kappa shape index (κ3) is 2.10. The normalized spacial score (nSPS) is 25.1. The highest BCUT2D eigenvalue weighted by Crippen LogP contribution is 2.40. The second-order valence-electron chi connectivity index (χ2n) is 5.62. The number of rotatable bonds is 5. The standard InChI is InChI=1S/C15H20N2O2/c1-19-12-5-4-11-6-7-15(14(16)18,13(11)8-12)17-9-10-2-3-10/h4-5,8,10,17H,2-3,6-7,9H2,1H3,(H2,16,18). The van der Waals surface area contributed by atoms with Crippen LogP contribution in [0.2, 0.25) is 0 Å². The molecular formula is C15H20N2O2. The zero-order valence-electron chi connectivity index (χ0n) is 11.2. The van der Waals surface area contributed by atoms with Crippen LogP contribution >= 0.6 is 0 Å². The lowest BCUT2D eigenvalue weighted by atomic mass is 9.90. The Morgan fingerprint density at radius 1 is 1.53 bits per heavy atom. The summed E-state index contributed by atoms with van der Waals surface area (Å²) in [5.74, 6) is 1.21. The van der Waals surface area contributed by atoms with Crippen molar-refractivity contribution in [2.24, 2.45) is 11.7 Å². The van der Waals surface area contributed by atoms with E-state index >= 15 is 0 Å². The molecule has 0 heterocycles. The maximum atomic E-state index is 12.0. The summed E-state index contributed by atoms with van der Waals surface area (Å²) in [7, 11) is 1.64. The molecule has 1 unspecified atom stereocenters. The number of nitrogens with one attached hydrogen (secondary N) is 1. The van der Waals surface area contributed by atoms with Gasteiger partial charge < -0.3 is 10.5 Å². The van der Waals surface area contributed by atoms with Crippen LogP contribution in [0.15, 0.2) is 18.2 Å². The van der Waals surface area contributed by atoms with E-state index in [4.69, 9.17) is 10.5 Å². The Hall–Kier alpha value is -1.55. The highest BCUT2D eigenvalue weighted by molar-refractivity contribution is 5.87. The summed E-state index contributed by atoms with van der Waals surface area (Å²) < 4.78 is 5.27. The number of aryl methyl sites for hydroxylation is 1. The van der Waals surface area contributed by atoms with Gasteiger partial charge in [-0.05, 0) is 61.4 Å². The van der Waals surface area contributed by atoms with Gasteiger partial charge in [-0.25, -0.2) is 0 Å². The number of amides is 1. The van der Waals surface area contributed by atoms with Crippen molar-refractivity contribution < 1.29 is 9.53 Å². The minimum atomic E-state index is -0.702. The highest BCUT2D eigenvalue weighted by atomic mass is 16.5. The van der Waals surface area contributed by atoms with Crippen LogP contribution < -0.4 is 15.8 Å². The van der Waals surface area contributed by atoms with Gasteiger partial charge in [-0.3, -0.25) is 10.1 Å². The van der Waals surface area contributed by atoms with Gasteiger partial charge in [0.25, 0.3) is 0 Å². The van der Waals surface area contributed by atoms with E-state index in [1.54, 1.807) is 7.11 Å². The Morgan fingerprint density at radius 2 is 2.32 bits per heavy atom. The van der Waals surface area contributed by atoms with E-state index in [1.807, 2.05) is 18.2 Å². The Kier molecular flexibility index (Phi) is 2.97. The number of hydrogen-bond donors (Lipinski definition) is 2. The van der Waals surface area contributed by atoms with Crippen molar-refractivity contribution in [2.45, 2.75) is 31.2 Å². The molecule has 102 valence electrons. The lowest BCUT2D eigenvalue weighted by molar-refractivity contribution is -0.124. The van der Waals surface area contributed by atoms with E-state index in [9.17, 15) is 4.79 Å². The zero-order valence-corrected chi connectivity index (χ0v) is 11.2. The van der Waals surface area contributed by atoms with Gasteiger partial charge in [0.15, 0.2) is 0 Å². The molecule has 0 bridgehead atoms. The summed E-state index contributed by atoms with van der Waals surface area (Å²) in [5.41, 5.74) is 7.20. The molecule has 1 fully saturated rings. The van der Waals surface area contributed by atoms with Crippen LogP contribution in [0.3, 0.4) is 0 Å². The van der Waals surface area contributed by atoms with Gasteiger partial charge in [0.2, 0.25) is 5.91 Å². The van der Waals surface area contributed by atoms with E-state index in [-0.39, 0.29) is 5.91 Å². The zero-order chi connectivity index (χ0) is 13.5. The molecule has 0 spiro atoms. The second kappa shape index (κ2) is 4.53. The van der Waals surface area contributed by atoms with E-state index < -0.39 is 5.54 Å². The number of benzene rings is 1. The Labute approximate surface area is 113 Å². The van der Waals surface area contributed by atoms with E-state index in [2.05, 4.69) is 5.32 Å². The van der Waals surface area contributed by atoms with Gasteiger partial charge >= 0.3 is 0 Å². The van der Waals surface area contributed by atoms with Crippen LogP contribution in [0.1, 0.15) is 30.4 Å².